The summed E-state index contributed by atoms with van der Waals surface area (Å²) in [5, 5.41) is 9.20. The van der Waals surface area contributed by atoms with E-state index < -0.39 is 5.56 Å². The molecule has 7 nitrogen and oxygen atoms in total. The van der Waals surface area contributed by atoms with Crippen LogP contribution in [-0.4, -0.2) is 31.2 Å². The SMILES string of the molecule is Nc1nc2c(nc(-c3ccc(F)cc3)n2CCO)c(=O)[nH]1. The van der Waals surface area contributed by atoms with Gasteiger partial charge in [0.1, 0.15) is 11.6 Å². The maximum Gasteiger partial charge on any atom is 0.280 e. The summed E-state index contributed by atoms with van der Waals surface area (Å²) in [5.74, 6) is 0.0173. The average Bonchev–Trinajstić information content (AvgIpc) is 2.80. The van der Waals surface area contributed by atoms with Gasteiger partial charge in [-0.25, -0.2) is 9.37 Å². The van der Waals surface area contributed by atoms with E-state index in [1.54, 1.807) is 16.7 Å². The fourth-order valence-corrected chi connectivity index (χ4v) is 2.16. The summed E-state index contributed by atoms with van der Waals surface area (Å²) < 4.78 is 14.6. The van der Waals surface area contributed by atoms with E-state index in [9.17, 15) is 14.3 Å². The second-order valence-electron chi connectivity index (χ2n) is 4.44. The summed E-state index contributed by atoms with van der Waals surface area (Å²) in [7, 11) is 0. The molecule has 0 saturated carbocycles. The topological polar surface area (TPSA) is 110 Å². The Hall–Kier alpha value is -2.74. The lowest BCUT2D eigenvalue weighted by atomic mass is 10.2. The van der Waals surface area contributed by atoms with Gasteiger partial charge in [0.15, 0.2) is 11.2 Å². The third-order valence-corrected chi connectivity index (χ3v) is 3.05. The van der Waals surface area contributed by atoms with Crippen molar-refractivity contribution in [2.75, 3.05) is 12.3 Å². The number of rotatable bonds is 3. The van der Waals surface area contributed by atoms with Crippen LogP contribution in [0.1, 0.15) is 0 Å². The van der Waals surface area contributed by atoms with Gasteiger partial charge in [0.05, 0.1) is 6.61 Å². The van der Waals surface area contributed by atoms with Gasteiger partial charge in [-0.3, -0.25) is 9.78 Å². The van der Waals surface area contributed by atoms with Crippen LogP contribution in [0.3, 0.4) is 0 Å². The van der Waals surface area contributed by atoms with Gasteiger partial charge >= 0.3 is 0 Å². The van der Waals surface area contributed by atoms with Crippen molar-refractivity contribution < 1.29 is 9.50 Å². The second kappa shape index (κ2) is 4.98. The number of aromatic nitrogens is 4. The summed E-state index contributed by atoms with van der Waals surface area (Å²) in [4.78, 5) is 22.5. The van der Waals surface area contributed by atoms with Gasteiger partial charge in [-0.15, -0.1) is 0 Å². The van der Waals surface area contributed by atoms with Gasteiger partial charge in [0, 0.05) is 12.1 Å². The minimum Gasteiger partial charge on any atom is -0.395 e. The molecule has 2 aromatic heterocycles. The largest absolute Gasteiger partial charge is 0.395 e. The number of halogens is 1. The van der Waals surface area contributed by atoms with Crippen LogP contribution < -0.4 is 11.3 Å². The zero-order chi connectivity index (χ0) is 15.0. The Bertz CT molecular complexity index is 853. The van der Waals surface area contributed by atoms with Crippen molar-refractivity contribution in [3.8, 4) is 11.4 Å². The standard InChI is InChI=1S/C13H12FN5O2/c14-8-3-1-7(2-4-8)10-16-9-11(19(10)5-6-20)17-13(15)18-12(9)21/h1-4,20H,5-6H2,(H3,15,17,18,21). The zero-order valence-electron chi connectivity index (χ0n) is 10.9. The number of hydrogen-bond acceptors (Lipinski definition) is 5. The Labute approximate surface area is 117 Å². The number of aliphatic hydroxyl groups excluding tert-OH is 1. The molecule has 3 aromatic rings. The number of fused-ring (bicyclic) bond motifs is 1. The molecule has 0 fully saturated rings. The molecule has 0 spiro atoms. The molecular formula is C13H12FN5O2. The molecule has 0 bridgehead atoms. The monoisotopic (exact) mass is 289 g/mol. The summed E-state index contributed by atoms with van der Waals surface area (Å²) in [5.41, 5.74) is 6.09. The van der Waals surface area contributed by atoms with Gasteiger partial charge in [-0.05, 0) is 24.3 Å². The number of H-pyrrole nitrogens is 1. The highest BCUT2D eigenvalue weighted by Gasteiger charge is 2.16. The Balaban J connectivity index is 2.31. The summed E-state index contributed by atoms with van der Waals surface area (Å²) >= 11 is 0. The number of anilines is 1. The molecule has 108 valence electrons. The van der Waals surface area contributed by atoms with Crippen molar-refractivity contribution >= 4 is 17.1 Å². The van der Waals surface area contributed by atoms with Crippen molar-refractivity contribution in [3.63, 3.8) is 0 Å². The van der Waals surface area contributed by atoms with Gasteiger partial charge in [0.25, 0.3) is 5.56 Å². The number of nitrogen functional groups attached to an aromatic ring is 1. The number of aliphatic hydroxyl groups is 1. The van der Waals surface area contributed by atoms with Crippen LogP contribution in [-0.2, 0) is 6.54 Å². The van der Waals surface area contributed by atoms with Gasteiger partial charge in [-0.2, -0.15) is 4.98 Å². The van der Waals surface area contributed by atoms with Crippen LogP contribution in [0.4, 0.5) is 10.3 Å². The number of imidazole rings is 1. The highest BCUT2D eigenvalue weighted by molar-refractivity contribution is 5.77. The third-order valence-electron chi connectivity index (χ3n) is 3.05. The van der Waals surface area contributed by atoms with Crippen LogP contribution in [0.25, 0.3) is 22.6 Å². The molecule has 0 radical (unpaired) electrons. The zero-order valence-corrected chi connectivity index (χ0v) is 10.9. The molecule has 0 aliphatic rings. The van der Waals surface area contributed by atoms with E-state index in [0.717, 1.165) is 0 Å². The number of nitrogens with zero attached hydrogens (tertiary/aromatic N) is 3. The Morgan fingerprint density at radius 3 is 2.67 bits per heavy atom. The van der Waals surface area contributed by atoms with Gasteiger partial charge in [-0.1, -0.05) is 0 Å². The molecule has 2 heterocycles. The van der Waals surface area contributed by atoms with Gasteiger partial charge in [0.2, 0.25) is 5.95 Å². The molecule has 8 heteroatoms. The van der Waals surface area contributed by atoms with Crippen molar-refractivity contribution in [3.05, 3.63) is 40.4 Å². The molecular weight excluding hydrogens is 277 g/mol. The Kier molecular flexibility index (Phi) is 3.15. The van der Waals surface area contributed by atoms with E-state index in [-0.39, 0.29) is 36.1 Å². The van der Waals surface area contributed by atoms with Crippen molar-refractivity contribution in [2.45, 2.75) is 6.54 Å². The smallest absolute Gasteiger partial charge is 0.280 e. The molecule has 0 saturated heterocycles. The number of aromatic amines is 1. The summed E-state index contributed by atoms with van der Waals surface area (Å²) in [6, 6.07) is 5.68. The first kappa shape index (κ1) is 13.3. The van der Waals surface area contributed by atoms with Crippen molar-refractivity contribution in [2.24, 2.45) is 0 Å². The fourth-order valence-electron chi connectivity index (χ4n) is 2.16. The normalized spacial score (nSPS) is 11.1. The average molecular weight is 289 g/mol. The molecule has 1 aromatic carbocycles. The minimum atomic E-state index is -0.461. The molecule has 0 aliphatic carbocycles. The Morgan fingerprint density at radius 1 is 1.29 bits per heavy atom. The molecule has 3 rings (SSSR count). The van der Waals surface area contributed by atoms with E-state index >= 15 is 0 Å². The molecule has 0 aliphatic heterocycles. The second-order valence-corrected chi connectivity index (χ2v) is 4.44. The van der Waals surface area contributed by atoms with Crippen LogP contribution in [0, 0.1) is 5.82 Å². The predicted molar refractivity (Wildman–Crippen MR) is 75.0 cm³/mol. The minimum absolute atomic E-state index is 0.0303. The molecule has 0 unspecified atom stereocenters. The quantitative estimate of drug-likeness (QED) is 0.650. The van der Waals surface area contributed by atoms with Crippen molar-refractivity contribution in [1.29, 1.82) is 0 Å². The van der Waals surface area contributed by atoms with Crippen LogP contribution in [0.5, 0.6) is 0 Å². The van der Waals surface area contributed by atoms with E-state index in [1.165, 1.54) is 12.1 Å². The van der Waals surface area contributed by atoms with E-state index in [4.69, 9.17) is 5.73 Å². The fraction of sp³-hybridized carbons (Fsp3) is 0.154. The lowest BCUT2D eigenvalue weighted by molar-refractivity contribution is 0.278. The number of benzene rings is 1. The maximum absolute atomic E-state index is 13.0. The van der Waals surface area contributed by atoms with Crippen molar-refractivity contribution in [1.82, 2.24) is 19.5 Å². The van der Waals surface area contributed by atoms with Crippen LogP contribution >= 0.6 is 0 Å². The van der Waals surface area contributed by atoms with E-state index in [0.29, 0.717) is 11.4 Å². The Morgan fingerprint density at radius 2 is 2.00 bits per heavy atom. The number of nitrogens with one attached hydrogen (secondary N) is 1. The molecule has 0 atom stereocenters. The maximum atomic E-state index is 13.0. The summed E-state index contributed by atoms with van der Waals surface area (Å²) in [6.07, 6.45) is 0. The van der Waals surface area contributed by atoms with E-state index in [1.807, 2.05) is 0 Å². The number of nitrogens with two attached hydrogens (primary N) is 1. The lowest BCUT2D eigenvalue weighted by Gasteiger charge is -2.06. The van der Waals surface area contributed by atoms with Crippen LogP contribution in [0.15, 0.2) is 29.1 Å². The first-order valence-electron chi connectivity index (χ1n) is 6.23. The summed E-state index contributed by atoms with van der Waals surface area (Å²) in [6.45, 7) is 0.0349. The van der Waals surface area contributed by atoms with Gasteiger partial charge < -0.3 is 15.4 Å². The number of hydrogen-bond donors (Lipinski definition) is 3. The lowest BCUT2D eigenvalue weighted by Crippen LogP contribution is -2.12. The molecule has 21 heavy (non-hydrogen) atoms. The molecule has 4 N–H and O–H groups in total. The van der Waals surface area contributed by atoms with Crippen LogP contribution in [0.2, 0.25) is 0 Å². The third kappa shape index (κ3) is 2.25. The predicted octanol–water partition coefficient (Wildman–Crippen LogP) is 0.500. The van der Waals surface area contributed by atoms with E-state index in [2.05, 4.69) is 15.0 Å². The first-order chi connectivity index (χ1) is 10.1. The highest BCUT2D eigenvalue weighted by atomic mass is 19.1. The highest BCUT2D eigenvalue weighted by Crippen LogP contribution is 2.22. The first-order valence-corrected chi connectivity index (χ1v) is 6.23. The molecule has 0 amide bonds.